The number of nitrogens with zero attached hydrogens (tertiary/aromatic N) is 1. The predicted octanol–water partition coefficient (Wildman–Crippen LogP) is 2.72. The number of carboxylic acid groups (broad SMARTS) is 1. The van der Waals surface area contributed by atoms with E-state index in [1.165, 1.54) is 18.4 Å². The van der Waals surface area contributed by atoms with Crippen molar-refractivity contribution in [1.29, 1.82) is 0 Å². The molecule has 0 amide bonds. The zero-order valence-corrected chi connectivity index (χ0v) is 9.35. The Kier molecular flexibility index (Phi) is 2.09. The summed E-state index contributed by atoms with van der Waals surface area (Å²) in [6.07, 6.45) is 10.2. The predicted molar refractivity (Wildman–Crippen MR) is 60.5 cm³/mol. The molecule has 2 fully saturated rings. The normalized spacial score (nSPS) is 23.5. The molecular weight excluding hydrogens is 202 g/mol. The number of aliphatic carboxylic acids is 1. The molecule has 3 nitrogen and oxygen atoms in total. The van der Waals surface area contributed by atoms with Gasteiger partial charge in [-0.25, -0.2) is 4.79 Å². The van der Waals surface area contributed by atoms with Gasteiger partial charge in [-0.1, -0.05) is 12.8 Å². The van der Waals surface area contributed by atoms with Crippen molar-refractivity contribution in [3.05, 3.63) is 24.0 Å². The molecule has 0 atom stereocenters. The third kappa shape index (κ3) is 1.38. The number of rotatable bonds is 3. The third-order valence-corrected chi connectivity index (χ3v) is 4.09. The lowest BCUT2D eigenvalue weighted by atomic mass is 9.98. The average molecular weight is 219 g/mol. The molecule has 0 radical (unpaired) electrons. The minimum absolute atomic E-state index is 0.646. The van der Waals surface area contributed by atoms with Gasteiger partial charge in [0.1, 0.15) is 5.54 Å². The van der Waals surface area contributed by atoms with Crippen LogP contribution in [0, 0.1) is 0 Å². The lowest BCUT2D eigenvalue weighted by molar-refractivity contribution is -0.147. The fraction of sp³-hybridized carbons (Fsp3) is 0.615. The summed E-state index contributed by atoms with van der Waals surface area (Å²) in [6.45, 7) is 0. The first-order valence-electron chi connectivity index (χ1n) is 6.14. The Morgan fingerprint density at radius 1 is 1.38 bits per heavy atom. The maximum Gasteiger partial charge on any atom is 0.329 e. The van der Waals surface area contributed by atoms with Crippen LogP contribution < -0.4 is 0 Å². The summed E-state index contributed by atoms with van der Waals surface area (Å²) in [7, 11) is 0. The highest BCUT2D eigenvalue weighted by Gasteiger charge is 2.43. The number of hydrogen-bond acceptors (Lipinski definition) is 1. The molecule has 3 rings (SSSR count). The first-order chi connectivity index (χ1) is 7.72. The monoisotopic (exact) mass is 219 g/mol. The summed E-state index contributed by atoms with van der Waals surface area (Å²) in [5, 5.41) is 9.46. The maximum atomic E-state index is 11.5. The van der Waals surface area contributed by atoms with Gasteiger partial charge in [0.2, 0.25) is 0 Å². The Morgan fingerprint density at radius 2 is 2.06 bits per heavy atom. The summed E-state index contributed by atoms with van der Waals surface area (Å²) in [6, 6.07) is 2.10. The molecule has 0 bridgehead atoms. The van der Waals surface area contributed by atoms with E-state index in [-0.39, 0.29) is 0 Å². The van der Waals surface area contributed by atoms with Gasteiger partial charge >= 0.3 is 5.97 Å². The van der Waals surface area contributed by atoms with Crippen molar-refractivity contribution in [2.75, 3.05) is 0 Å². The molecule has 1 heterocycles. The fourth-order valence-electron chi connectivity index (χ4n) is 2.88. The van der Waals surface area contributed by atoms with Crippen LogP contribution in [-0.4, -0.2) is 15.6 Å². The molecule has 1 aromatic heterocycles. The molecule has 0 aromatic carbocycles. The van der Waals surface area contributed by atoms with Gasteiger partial charge < -0.3 is 9.67 Å². The van der Waals surface area contributed by atoms with Gasteiger partial charge in [0.15, 0.2) is 0 Å². The molecule has 0 saturated heterocycles. The van der Waals surface area contributed by atoms with Crippen LogP contribution in [0.5, 0.6) is 0 Å². The van der Waals surface area contributed by atoms with Crippen LogP contribution in [0.2, 0.25) is 0 Å². The van der Waals surface area contributed by atoms with Crippen LogP contribution in [-0.2, 0) is 10.3 Å². The molecule has 3 heteroatoms. The number of aromatic nitrogens is 1. The van der Waals surface area contributed by atoms with E-state index in [1.54, 1.807) is 0 Å². The van der Waals surface area contributed by atoms with Crippen LogP contribution in [0.1, 0.15) is 50.0 Å². The summed E-state index contributed by atoms with van der Waals surface area (Å²) < 4.78 is 1.95. The van der Waals surface area contributed by atoms with E-state index >= 15 is 0 Å². The number of hydrogen-bond donors (Lipinski definition) is 1. The Bertz CT molecular complexity index is 411. The molecule has 2 aliphatic rings. The second-order valence-corrected chi connectivity index (χ2v) is 5.17. The highest BCUT2D eigenvalue weighted by Crippen LogP contribution is 2.42. The van der Waals surface area contributed by atoms with E-state index in [0.717, 1.165) is 25.7 Å². The molecule has 1 N–H and O–H groups in total. The quantitative estimate of drug-likeness (QED) is 0.849. The lowest BCUT2D eigenvalue weighted by Crippen LogP contribution is -2.38. The van der Waals surface area contributed by atoms with Crippen molar-refractivity contribution in [2.24, 2.45) is 0 Å². The standard InChI is InChI=1S/C13H17NO2/c15-12(16)13(6-1-2-7-13)14-8-5-11(9-14)10-3-4-10/h5,8-10H,1-4,6-7H2,(H,15,16). The van der Waals surface area contributed by atoms with Crippen molar-refractivity contribution < 1.29 is 9.90 Å². The zero-order chi connectivity index (χ0) is 11.2. The fourth-order valence-corrected chi connectivity index (χ4v) is 2.88. The van der Waals surface area contributed by atoms with Crippen molar-refractivity contribution in [3.8, 4) is 0 Å². The Hall–Kier alpha value is -1.25. The smallest absolute Gasteiger partial charge is 0.329 e. The van der Waals surface area contributed by atoms with E-state index in [1.807, 2.05) is 10.8 Å². The molecule has 0 unspecified atom stereocenters. The molecule has 2 aliphatic carbocycles. The van der Waals surface area contributed by atoms with Gasteiger partial charge in [0, 0.05) is 12.4 Å². The average Bonchev–Trinajstić information content (AvgIpc) is 2.83. The van der Waals surface area contributed by atoms with E-state index < -0.39 is 11.5 Å². The lowest BCUT2D eigenvalue weighted by Gasteiger charge is -2.26. The molecule has 86 valence electrons. The summed E-state index contributed by atoms with van der Waals surface area (Å²) in [4.78, 5) is 11.5. The topological polar surface area (TPSA) is 42.2 Å². The molecule has 1 aromatic rings. The van der Waals surface area contributed by atoms with Gasteiger partial charge in [0.05, 0.1) is 0 Å². The van der Waals surface area contributed by atoms with E-state index in [9.17, 15) is 9.90 Å². The number of carboxylic acids is 1. The van der Waals surface area contributed by atoms with E-state index in [0.29, 0.717) is 5.92 Å². The van der Waals surface area contributed by atoms with Crippen LogP contribution in [0.4, 0.5) is 0 Å². The van der Waals surface area contributed by atoms with Crippen molar-refractivity contribution in [3.63, 3.8) is 0 Å². The van der Waals surface area contributed by atoms with Crippen molar-refractivity contribution >= 4 is 5.97 Å². The molecular formula is C13H17NO2. The van der Waals surface area contributed by atoms with Gasteiger partial charge in [-0.2, -0.15) is 0 Å². The zero-order valence-electron chi connectivity index (χ0n) is 9.35. The van der Waals surface area contributed by atoms with Gasteiger partial charge in [0.25, 0.3) is 0 Å². The van der Waals surface area contributed by atoms with Crippen LogP contribution in [0.3, 0.4) is 0 Å². The van der Waals surface area contributed by atoms with Crippen LogP contribution in [0.25, 0.3) is 0 Å². The second kappa shape index (κ2) is 3.37. The summed E-state index contributed by atoms with van der Waals surface area (Å²) in [5.74, 6) is 0.0384. The summed E-state index contributed by atoms with van der Waals surface area (Å²) >= 11 is 0. The van der Waals surface area contributed by atoms with Crippen molar-refractivity contribution in [1.82, 2.24) is 4.57 Å². The van der Waals surface area contributed by atoms with E-state index in [2.05, 4.69) is 12.3 Å². The van der Waals surface area contributed by atoms with Crippen LogP contribution >= 0.6 is 0 Å². The Labute approximate surface area is 95.1 Å². The SMILES string of the molecule is O=C(O)C1(n2ccc(C3CC3)c2)CCCC1. The minimum atomic E-state index is -0.664. The first kappa shape index (κ1) is 9.94. The highest BCUT2D eigenvalue weighted by atomic mass is 16.4. The molecule has 0 spiro atoms. The first-order valence-corrected chi connectivity index (χ1v) is 6.14. The Balaban J connectivity index is 1.95. The molecule has 2 saturated carbocycles. The van der Waals surface area contributed by atoms with E-state index in [4.69, 9.17) is 0 Å². The van der Waals surface area contributed by atoms with Gasteiger partial charge in [-0.15, -0.1) is 0 Å². The van der Waals surface area contributed by atoms with Crippen LogP contribution in [0.15, 0.2) is 18.5 Å². The highest BCUT2D eigenvalue weighted by molar-refractivity contribution is 5.77. The third-order valence-electron chi connectivity index (χ3n) is 4.09. The minimum Gasteiger partial charge on any atom is -0.479 e. The maximum absolute atomic E-state index is 11.5. The number of carbonyl (C=O) groups is 1. The summed E-state index contributed by atoms with van der Waals surface area (Å²) in [5.41, 5.74) is 0.681. The molecule has 16 heavy (non-hydrogen) atoms. The van der Waals surface area contributed by atoms with Gasteiger partial charge in [-0.05, 0) is 43.2 Å². The Morgan fingerprint density at radius 3 is 2.62 bits per heavy atom. The second-order valence-electron chi connectivity index (χ2n) is 5.17. The molecule has 0 aliphatic heterocycles. The largest absolute Gasteiger partial charge is 0.479 e. The van der Waals surface area contributed by atoms with Crippen molar-refractivity contribution in [2.45, 2.75) is 50.0 Å². The van der Waals surface area contributed by atoms with Gasteiger partial charge in [-0.3, -0.25) is 0 Å².